The molecular weight excluding hydrogens is 395 g/mol. The molecule has 0 bridgehead atoms. The summed E-state index contributed by atoms with van der Waals surface area (Å²) in [5.41, 5.74) is 0.501. The van der Waals surface area contributed by atoms with Gasteiger partial charge in [-0.25, -0.2) is 9.18 Å². The number of hydrogen-bond acceptors (Lipinski definition) is 4. The van der Waals surface area contributed by atoms with Gasteiger partial charge in [0.05, 0.1) is 17.7 Å². The average molecular weight is 427 g/mol. The van der Waals surface area contributed by atoms with E-state index in [-0.39, 0.29) is 17.2 Å². The van der Waals surface area contributed by atoms with Gasteiger partial charge in [-0.2, -0.15) is 0 Å². The fourth-order valence-corrected chi connectivity index (χ4v) is 4.23. The number of hydrogen-bond donors (Lipinski definition) is 1. The minimum Gasteiger partial charge on any atom is -0.374 e. The van der Waals surface area contributed by atoms with E-state index in [1.165, 1.54) is 31.0 Å². The van der Waals surface area contributed by atoms with Crippen molar-refractivity contribution in [3.05, 3.63) is 29.0 Å². The van der Waals surface area contributed by atoms with Gasteiger partial charge in [0.25, 0.3) is 0 Å². The van der Waals surface area contributed by atoms with Crippen LogP contribution in [-0.2, 0) is 4.74 Å². The molecule has 1 N–H and O–H groups in total. The summed E-state index contributed by atoms with van der Waals surface area (Å²) in [6, 6.07) is 4.62. The number of amides is 2. The highest BCUT2D eigenvalue weighted by Crippen LogP contribution is 2.20. The molecule has 0 spiro atoms. The van der Waals surface area contributed by atoms with Crippen LogP contribution in [-0.4, -0.2) is 85.3 Å². The molecule has 2 atom stereocenters. The summed E-state index contributed by atoms with van der Waals surface area (Å²) < 4.78 is 19.3. The molecule has 1 aromatic rings. The smallest absolute Gasteiger partial charge is 0.321 e. The highest BCUT2D eigenvalue weighted by atomic mass is 35.5. The number of carbonyl (C=O) groups excluding carboxylic acids is 1. The van der Waals surface area contributed by atoms with Gasteiger partial charge in [-0.05, 0) is 31.5 Å². The maximum atomic E-state index is 13.3. The van der Waals surface area contributed by atoms with Crippen LogP contribution in [0.2, 0.25) is 5.02 Å². The van der Waals surface area contributed by atoms with Gasteiger partial charge >= 0.3 is 6.03 Å². The number of benzene rings is 1. The summed E-state index contributed by atoms with van der Waals surface area (Å²) in [6.07, 6.45) is 2.65. The molecule has 0 aromatic heterocycles. The predicted molar refractivity (Wildman–Crippen MR) is 114 cm³/mol. The number of halogens is 2. The van der Waals surface area contributed by atoms with Gasteiger partial charge in [0.2, 0.25) is 0 Å². The van der Waals surface area contributed by atoms with E-state index in [0.29, 0.717) is 24.8 Å². The monoisotopic (exact) mass is 426 g/mol. The van der Waals surface area contributed by atoms with E-state index in [1.807, 2.05) is 0 Å². The SMILES string of the molecule is CCCC(C)N1CCO[C@@H](CN2CCN(C(=O)Nc3ccc(F)c(Cl)c3)CC2)C1. The number of ether oxygens (including phenoxy) is 1. The second kappa shape index (κ2) is 10.6. The molecule has 0 saturated carbocycles. The lowest BCUT2D eigenvalue weighted by Gasteiger charge is -2.40. The van der Waals surface area contributed by atoms with E-state index >= 15 is 0 Å². The fraction of sp³-hybridized carbons (Fsp3) is 0.667. The summed E-state index contributed by atoms with van der Waals surface area (Å²) in [6.45, 7) is 11.2. The number of rotatable bonds is 6. The Balaban J connectivity index is 1.43. The number of nitrogens with one attached hydrogen (secondary N) is 1. The molecule has 0 aliphatic carbocycles. The maximum Gasteiger partial charge on any atom is 0.321 e. The first-order valence-electron chi connectivity index (χ1n) is 10.5. The molecule has 1 unspecified atom stereocenters. The zero-order valence-electron chi connectivity index (χ0n) is 17.4. The number of carbonyl (C=O) groups is 1. The molecular formula is C21H32ClFN4O2. The van der Waals surface area contributed by atoms with Crippen LogP contribution in [0.15, 0.2) is 18.2 Å². The van der Waals surface area contributed by atoms with Gasteiger partial charge in [-0.3, -0.25) is 9.80 Å². The first-order chi connectivity index (χ1) is 14.0. The van der Waals surface area contributed by atoms with Crippen molar-refractivity contribution in [3.63, 3.8) is 0 Å². The van der Waals surface area contributed by atoms with Crippen LogP contribution in [0.4, 0.5) is 14.9 Å². The predicted octanol–water partition coefficient (Wildman–Crippen LogP) is 3.52. The Morgan fingerprint density at radius 2 is 2.07 bits per heavy atom. The Bertz CT molecular complexity index is 685. The third kappa shape index (κ3) is 6.28. The van der Waals surface area contributed by atoms with Crippen LogP contribution in [0.1, 0.15) is 26.7 Å². The molecule has 2 saturated heterocycles. The van der Waals surface area contributed by atoms with Crippen molar-refractivity contribution in [1.29, 1.82) is 0 Å². The van der Waals surface area contributed by atoms with Gasteiger partial charge in [-0.1, -0.05) is 24.9 Å². The normalized spacial score (nSPS) is 22.5. The van der Waals surface area contributed by atoms with Crippen LogP contribution >= 0.6 is 11.6 Å². The second-order valence-corrected chi connectivity index (χ2v) is 8.38. The molecule has 3 rings (SSSR count). The van der Waals surface area contributed by atoms with Gasteiger partial charge in [-0.15, -0.1) is 0 Å². The Morgan fingerprint density at radius 3 is 2.76 bits per heavy atom. The molecule has 2 aliphatic heterocycles. The molecule has 2 fully saturated rings. The minimum atomic E-state index is -0.495. The second-order valence-electron chi connectivity index (χ2n) is 7.97. The average Bonchev–Trinajstić information content (AvgIpc) is 2.71. The maximum absolute atomic E-state index is 13.3. The van der Waals surface area contributed by atoms with Crippen LogP contribution in [0.25, 0.3) is 0 Å². The number of morpholine rings is 1. The van der Waals surface area contributed by atoms with E-state index in [1.54, 1.807) is 4.90 Å². The van der Waals surface area contributed by atoms with E-state index < -0.39 is 5.82 Å². The lowest BCUT2D eigenvalue weighted by atomic mass is 10.1. The molecule has 2 amide bonds. The lowest BCUT2D eigenvalue weighted by Crippen LogP contribution is -2.55. The summed E-state index contributed by atoms with van der Waals surface area (Å²) in [5.74, 6) is -0.495. The van der Waals surface area contributed by atoms with Crippen LogP contribution < -0.4 is 5.32 Å². The van der Waals surface area contributed by atoms with Gasteiger partial charge in [0.15, 0.2) is 0 Å². The molecule has 1 aromatic carbocycles. The van der Waals surface area contributed by atoms with E-state index in [4.69, 9.17) is 16.3 Å². The topological polar surface area (TPSA) is 48.1 Å². The van der Waals surface area contributed by atoms with Crippen molar-refractivity contribution in [2.24, 2.45) is 0 Å². The first kappa shape index (κ1) is 22.3. The van der Waals surface area contributed by atoms with Crippen LogP contribution in [0, 0.1) is 5.82 Å². The number of piperazine rings is 1. The lowest BCUT2D eigenvalue weighted by molar-refractivity contribution is -0.0579. The largest absolute Gasteiger partial charge is 0.374 e. The minimum absolute atomic E-state index is 0.00222. The van der Waals surface area contributed by atoms with Gasteiger partial charge < -0.3 is 15.0 Å². The summed E-state index contributed by atoms with van der Waals surface area (Å²) in [4.78, 5) is 19.2. The fourth-order valence-electron chi connectivity index (χ4n) is 4.05. The van der Waals surface area contributed by atoms with Crippen molar-refractivity contribution >= 4 is 23.3 Å². The third-order valence-corrected chi connectivity index (χ3v) is 6.08. The summed E-state index contributed by atoms with van der Waals surface area (Å²) >= 11 is 5.78. The van der Waals surface area contributed by atoms with Gasteiger partial charge in [0, 0.05) is 57.5 Å². The van der Waals surface area contributed by atoms with Crippen molar-refractivity contribution in [2.45, 2.75) is 38.8 Å². The summed E-state index contributed by atoms with van der Waals surface area (Å²) in [7, 11) is 0. The molecule has 6 nitrogen and oxygen atoms in total. The van der Waals surface area contributed by atoms with Crippen LogP contribution in [0.5, 0.6) is 0 Å². The van der Waals surface area contributed by atoms with Crippen molar-refractivity contribution in [3.8, 4) is 0 Å². The van der Waals surface area contributed by atoms with Gasteiger partial charge in [0.1, 0.15) is 5.82 Å². The van der Waals surface area contributed by atoms with Crippen molar-refractivity contribution in [1.82, 2.24) is 14.7 Å². The molecule has 162 valence electrons. The zero-order chi connectivity index (χ0) is 20.8. The quantitative estimate of drug-likeness (QED) is 0.756. The van der Waals surface area contributed by atoms with E-state index in [9.17, 15) is 9.18 Å². The number of urea groups is 1. The Hall–Kier alpha value is -1.41. The van der Waals surface area contributed by atoms with E-state index in [0.717, 1.165) is 39.3 Å². The highest BCUT2D eigenvalue weighted by molar-refractivity contribution is 6.31. The molecule has 29 heavy (non-hydrogen) atoms. The Labute approximate surface area is 177 Å². The zero-order valence-corrected chi connectivity index (χ0v) is 18.1. The molecule has 2 aliphatic rings. The first-order valence-corrected chi connectivity index (χ1v) is 10.9. The molecule has 8 heteroatoms. The van der Waals surface area contributed by atoms with Crippen LogP contribution in [0.3, 0.4) is 0 Å². The Kier molecular flexibility index (Phi) is 8.12. The highest BCUT2D eigenvalue weighted by Gasteiger charge is 2.28. The van der Waals surface area contributed by atoms with Crippen molar-refractivity contribution < 1.29 is 13.9 Å². The molecule has 0 radical (unpaired) electrons. The third-order valence-electron chi connectivity index (χ3n) is 5.79. The standard InChI is InChI=1S/C21H32ClFN4O2/c1-3-4-16(2)27-11-12-29-18(15-27)14-25-7-9-26(10-8-25)21(28)24-17-5-6-20(23)19(22)13-17/h5-6,13,16,18H,3-4,7-12,14-15H2,1-2H3,(H,24,28)/t16?,18-/m0/s1. The summed E-state index contributed by atoms with van der Waals surface area (Å²) in [5, 5.41) is 2.79. The Morgan fingerprint density at radius 1 is 1.31 bits per heavy atom. The number of anilines is 1. The molecule has 2 heterocycles. The van der Waals surface area contributed by atoms with Crippen molar-refractivity contribution in [2.75, 3.05) is 57.7 Å². The van der Waals surface area contributed by atoms with E-state index in [2.05, 4.69) is 29.0 Å². The number of nitrogens with zero attached hydrogens (tertiary/aromatic N) is 3.